The molecule has 0 aliphatic carbocycles. The largest absolute Gasteiger partial charge is 1.00 e. The van der Waals surface area contributed by atoms with Crippen LogP contribution in [0.25, 0.3) is 0 Å². The fraction of sp³-hybridized carbons (Fsp3) is 0.778. The van der Waals surface area contributed by atoms with Crippen molar-refractivity contribution >= 4 is 33.9 Å². The zero-order valence-electron chi connectivity index (χ0n) is 18.4. The number of carbonyl (C=O) groups is 4. The first-order valence-electron chi connectivity index (χ1n) is 9.88. The van der Waals surface area contributed by atoms with Gasteiger partial charge in [0.15, 0.2) is 5.25 Å². The van der Waals surface area contributed by atoms with Crippen molar-refractivity contribution < 1.29 is 73.1 Å². The van der Waals surface area contributed by atoms with E-state index in [4.69, 9.17) is 9.66 Å². The van der Waals surface area contributed by atoms with E-state index in [2.05, 4.69) is 4.84 Å². The monoisotopic (exact) mass is 459 g/mol. The Labute approximate surface area is 200 Å². The zero-order chi connectivity index (χ0) is 21.9. The van der Waals surface area contributed by atoms with Crippen LogP contribution in [-0.4, -0.2) is 52.1 Å². The van der Waals surface area contributed by atoms with Gasteiger partial charge in [0.05, 0.1) is 6.42 Å². The van der Waals surface area contributed by atoms with E-state index in [1.54, 1.807) is 0 Å². The van der Waals surface area contributed by atoms with E-state index < -0.39 is 45.5 Å². The van der Waals surface area contributed by atoms with E-state index in [-0.39, 0.29) is 48.9 Å². The topological polar surface area (TPSA) is 155 Å². The molecule has 0 bridgehead atoms. The summed E-state index contributed by atoms with van der Waals surface area (Å²) in [6.45, 7) is 0. The van der Waals surface area contributed by atoms with E-state index in [9.17, 15) is 27.6 Å². The van der Waals surface area contributed by atoms with Crippen LogP contribution in [0, 0.1) is 0 Å². The zero-order valence-corrected chi connectivity index (χ0v) is 20.2. The Morgan fingerprint density at radius 1 is 0.933 bits per heavy atom. The third-order valence-electron chi connectivity index (χ3n) is 4.64. The summed E-state index contributed by atoms with van der Waals surface area (Å²) in [7, 11) is -4.72. The van der Waals surface area contributed by atoms with Crippen molar-refractivity contribution in [3.05, 3.63) is 0 Å². The summed E-state index contributed by atoms with van der Waals surface area (Å²) in [4.78, 5) is 50.1. The van der Waals surface area contributed by atoms with Gasteiger partial charge in [-0.2, -0.15) is 8.42 Å². The molecule has 2 N–H and O–H groups in total. The Hall–Kier alpha value is -1.01. The number of imide groups is 1. The van der Waals surface area contributed by atoms with Gasteiger partial charge in [0.1, 0.15) is 0 Å². The molecule has 168 valence electrons. The van der Waals surface area contributed by atoms with Crippen LogP contribution in [0.2, 0.25) is 0 Å². The maximum Gasteiger partial charge on any atom is 1.00 e. The molecule has 1 aliphatic heterocycles. The molecule has 1 aliphatic rings. The molecule has 1 atom stereocenters. The van der Waals surface area contributed by atoms with Gasteiger partial charge < -0.3 is 11.4 Å². The van der Waals surface area contributed by atoms with E-state index in [1.807, 2.05) is 0 Å². The van der Waals surface area contributed by atoms with Gasteiger partial charge >= 0.3 is 41.5 Å². The number of amides is 2. The number of carboxylic acids is 1. The van der Waals surface area contributed by atoms with Crippen LogP contribution in [0.3, 0.4) is 0 Å². The van der Waals surface area contributed by atoms with Gasteiger partial charge in [-0.3, -0.25) is 18.9 Å². The first-order chi connectivity index (χ1) is 13.6. The van der Waals surface area contributed by atoms with Crippen LogP contribution in [0.4, 0.5) is 0 Å². The molecule has 1 saturated heterocycles. The standard InChI is InChI=1S/C18H29NO9S.Na.H/c20-15-13-14(29(25,26)27)18(24)19(15)28-17(23)12-10-8-6-4-2-1-3-5-7-9-11-16(21)22;;/h14H,1-13H2,(H,21,22)(H,25,26,27);;/q;+1;-1. The SMILES string of the molecule is O=C(O)CCCCCCCCCCCCC(=O)ON1C(=O)CC(S(=O)(=O)O)C1=O.[H-].[Na+]. The number of nitrogens with zero attached hydrogens (tertiary/aromatic N) is 1. The van der Waals surface area contributed by atoms with Crippen LogP contribution in [0.5, 0.6) is 0 Å². The second-order valence-corrected chi connectivity index (χ2v) is 8.73. The molecule has 1 heterocycles. The molecule has 0 saturated carbocycles. The first-order valence-corrected chi connectivity index (χ1v) is 11.4. The van der Waals surface area contributed by atoms with Crippen molar-refractivity contribution in [2.45, 2.75) is 88.7 Å². The second kappa shape index (κ2) is 14.9. The van der Waals surface area contributed by atoms with Gasteiger partial charge in [0, 0.05) is 12.8 Å². The smallest absolute Gasteiger partial charge is 1.00 e. The normalized spacial score (nSPS) is 16.4. The van der Waals surface area contributed by atoms with Crippen molar-refractivity contribution in [2.24, 2.45) is 0 Å². The minimum absolute atomic E-state index is 0. The number of hydroxylamine groups is 2. The van der Waals surface area contributed by atoms with Crippen LogP contribution >= 0.6 is 0 Å². The quantitative estimate of drug-likeness (QED) is 0.140. The van der Waals surface area contributed by atoms with Crippen molar-refractivity contribution in [1.29, 1.82) is 0 Å². The fourth-order valence-corrected chi connectivity index (χ4v) is 3.72. The summed E-state index contributed by atoms with van der Waals surface area (Å²) in [5.74, 6) is -3.79. The van der Waals surface area contributed by atoms with Gasteiger partial charge in [-0.05, 0) is 12.8 Å². The Morgan fingerprint density at radius 2 is 1.37 bits per heavy atom. The molecule has 0 aromatic heterocycles. The molecule has 1 rings (SSSR count). The molecule has 2 amide bonds. The predicted molar refractivity (Wildman–Crippen MR) is 102 cm³/mol. The van der Waals surface area contributed by atoms with Crippen LogP contribution < -0.4 is 29.6 Å². The van der Waals surface area contributed by atoms with Crippen LogP contribution in [0.15, 0.2) is 0 Å². The number of carbonyl (C=O) groups excluding carboxylic acids is 3. The number of rotatable bonds is 15. The van der Waals surface area contributed by atoms with Crippen molar-refractivity contribution in [3.63, 3.8) is 0 Å². The van der Waals surface area contributed by atoms with Gasteiger partial charge in [-0.1, -0.05) is 51.4 Å². The summed E-state index contributed by atoms with van der Waals surface area (Å²) in [5, 5.41) is 6.74. The van der Waals surface area contributed by atoms with Gasteiger partial charge in [-0.25, -0.2) is 4.79 Å². The summed E-state index contributed by atoms with van der Waals surface area (Å²) in [6.07, 6.45) is 8.64. The Bertz CT molecular complexity index is 702. The molecule has 30 heavy (non-hydrogen) atoms. The number of unbranched alkanes of at least 4 members (excludes halogenated alkanes) is 9. The van der Waals surface area contributed by atoms with Gasteiger partial charge in [0.2, 0.25) is 0 Å². The van der Waals surface area contributed by atoms with Gasteiger partial charge in [-0.15, -0.1) is 5.06 Å². The maximum absolute atomic E-state index is 11.8. The number of aliphatic carboxylic acids is 1. The van der Waals surface area contributed by atoms with Crippen molar-refractivity contribution in [2.75, 3.05) is 0 Å². The Balaban J connectivity index is 0. The average Bonchev–Trinajstić information content (AvgIpc) is 2.90. The van der Waals surface area contributed by atoms with Crippen molar-refractivity contribution in [3.8, 4) is 0 Å². The fourth-order valence-electron chi connectivity index (χ4n) is 3.02. The number of carboxylic acid groups (broad SMARTS) is 1. The first kappa shape index (κ1) is 29.0. The van der Waals surface area contributed by atoms with Crippen molar-refractivity contribution in [1.82, 2.24) is 5.06 Å². The molecule has 10 nitrogen and oxygen atoms in total. The molecule has 0 spiro atoms. The molecule has 0 aromatic rings. The average molecular weight is 459 g/mol. The van der Waals surface area contributed by atoms with E-state index in [0.717, 1.165) is 57.8 Å². The summed E-state index contributed by atoms with van der Waals surface area (Å²) in [6, 6.07) is 0. The predicted octanol–water partition coefficient (Wildman–Crippen LogP) is -0.658. The Kier molecular flexibility index (Phi) is 14.4. The maximum atomic E-state index is 11.8. The number of hydrogen-bond acceptors (Lipinski definition) is 7. The van der Waals surface area contributed by atoms with Gasteiger partial charge in [0.25, 0.3) is 21.9 Å². The Morgan fingerprint density at radius 3 is 1.77 bits per heavy atom. The second-order valence-electron chi connectivity index (χ2n) is 7.13. The third-order valence-corrected chi connectivity index (χ3v) is 5.72. The van der Waals surface area contributed by atoms with E-state index in [1.165, 1.54) is 0 Å². The molecule has 12 heteroatoms. The minimum atomic E-state index is -4.72. The molecule has 1 unspecified atom stereocenters. The molecular formula is C18H30NNaO9S. The third kappa shape index (κ3) is 11.4. The van der Waals surface area contributed by atoms with Crippen LogP contribution in [-0.2, 0) is 34.1 Å². The van der Waals surface area contributed by atoms with E-state index >= 15 is 0 Å². The summed E-state index contributed by atoms with van der Waals surface area (Å²) >= 11 is 0. The molecule has 0 radical (unpaired) electrons. The van der Waals surface area contributed by atoms with Crippen LogP contribution in [0.1, 0.15) is 84.9 Å². The molecular weight excluding hydrogens is 429 g/mol. The summed E-state index contributed by atoms with van der Waals surface area (Å²) in [5.41, 5.74) is 0. The summed E-state index contributed by atoms with van der Waals surface area (Å²) < 4.78 is 31.0. The number of hydrogen-bond donors (Lipinski definition) is 2. The molecule has 1 fully saturated rings. The minimum Gasteiger partial charge on any atom is -1.00 e. The molecule has 0 aromatic carbocycles. The van der Waals surface area contributed by atoms with E-state index in [0.29, 0.717) is 6.42 Å².